The van der Waals surface area contributed by atoms with Crippen molar-refractivity contribution < 1.29 is 9.53 Å². The van der Waals surface area contributed by atoms with Gasteiger partial charge in [0.05, 0.1) is 6.61 Å². The molecule has 0 fully saturated rings. The van der Waals surface area contributed by atoms with Gasteiger partial charge in [-0.2, -0.15) is 0 Å². The number of amides is 1. The van der Waals surface area contributed by atoms with Crippen LogP contribution in [0.3, 0.4) is 0 Å². The summed E-state index contributed by atoms with van der Waals surface area (Å²) in [5.74, 6) is 0.311. The lowest BCUT2D eigenvalue weighted by molar-refractivity contribution is 0.138. The van der Waals surface area contributed by atoms with Crippen LogP contribution in [-0.2, 0) is 11.3 Å². The Hall–Kier alpha value is -1.56. The lowest BCUT2D eigenvalue weighted by Gasteiger charge is -2.11. The van der Waals surface area contributed by atoms with Gasteiger partial charge in [0.25, 0.3) is 0 Å². The summed E-state index contributed by atoms with van der Waals surface area (Å²) in [6.07, 6.45) is 3.42. The molecule has 0 saturated carbocycles. The highest BCUT2D eigenvalue weighted by molar-refractivity contribution is 7.80. The van der Waals surface area contributed by atoms with Crippen molar-refractivity contribution in [3.8, 4) is 0 Å². The van der Waals surface area contributed by atoms with Crippen molar-refractivity contribution >= 4 is 23.4 Å². The molecule has 0 saturated heterocycles. The van der Waals surface area contributed by atoms with Crippen molar-refractivity contribution in [3.63, 3.8) is 0 Å². The van der Waals surface area contributed by atoms with Gasteiger partial charge in [0.1, 0.15) is 0 Å². The number of hydrogen-bond donors (Lipinski definition) is 2. The maximum absolute atomic E-state index is 11.3. The number of alkyl carbamates (subject to hydrolysis) is 1. The first-order valence-corrected chi connectivity index (χ1v) is 6.31. The van der Waals surface area contributed by atoms with Crippen molar-refractivity contribution in [3.05, 3.63) is 24.5 Å². The third-order valence-electron chi connectivity index (χ3n) is 2.09. The van der Waals surface area contributed by atoms with E-state index in [2.05, 4.69) is 10.6 Å². The number of aromatic nitrogens is 1. The van der Waals surface area contributed by atoms with Gasteiger partial charge in [0.2, 0.25) is 0 Å². The van der Waals surface area contributed by atoms with E-state index in [1.165, 1.54) is 0 Å². The Kier molecular flexibility index (Phi) is 6.21. The fraction of sp³-hybridized carbons (Fsp3) is 0.500. The Bertz CT molecular complexity index is 377. The van der Waals surface area contributed by atoms with E-state index in [4.69, 9.17) is 17.0 Å². The first kappa shape index (κ1) is 14.5. The van der Waals surface area contributed by atoms with Crippen LogP contribution >= 0.6 is 12.2 Å². The highest BCUT2D eigenvalue weighted by atomic mass is 32.1. The zero-order valence-corrected chi connectivity index (χ0v) is 11.5. The van der Waals surface area contributed by atoms with Crippen LogP contribution in [0, 0.1) is 5.92 Å². The van der Waals surface area contributed by atoms with Crippen LogP contribution in [0.1, 0.15) is 13.8 Å². The number of nitrogens with one attached hydrogen (secondary N) is 2. The van der Waals surface area contributed by atoms with Crippen LogP contribution in [0.15, 0.2) is 24.5 Å². The van der Waals surface area contributed by atoms with Crippen LogP contribution in [0.5, 0.6) is 0 Å². The number of rotatable bonds is 5. The van der Waals surface area contributed by atoms with Crippen LogP contribution in [0.2, 0.25) is 0 Å². The molecule has 5 nitrogen and oxygen atoms in total. The summed E-state index contributed by atoms with van der Waals surface area (Å²) in [6.45, 7) is 5.77. The molecular weight excluding hydrogens is 250 g/mol. The normalized spacial score (nSPS) is 10.2. The molecule has 0 spiro atoms. The Balaban J connectivity index is 2.11. The summed E-state index contributed by atoms with van der Waals surface area (Å²) in [7, 11) is 0. The summed E-state index contributed by atoms with van der Waals surface area (Å²) in [6, 6.07) is 3.92. The molecule has 1 amide bonds. The first-order chi connectivity index (χ1) is 8.58. The molecule has 6 heteroatoms. The molecule has 18 heavy (non-hydrogen) atoms. The second kappa shape index (κ2) is 7.71. The maximum atomic E-state index is 11.3. The number of hydrogen-bond acceptors (Lipinski definition) is 3. The van der Waals surface area contributed by atoms with Gasteiger partial charge in [-0.05, 0) is 30.3 Å². The molecule has 100 valence electrons. The molecule has 1 aromatic heterocycles. The van der Waals surface area contributed by atoms with E-state index in [1.807, 2.05) is 42.9 Å². The van der Waals surface area contributed by atoms with E-state index < -0.39 is 6.09 Å². The Labute approximate surface area is 113 Å². The molecule has 0 aliphatic rings. The van der Waals surface area contributed by atoms with E-state index >= 15 is 0 Å². The quantitative estimate of drug-likeness (QED) is 0.800. The zero-order chi connectivity index (χ0) is 13.4. The molecule has 0 aliphatic carbocycles. The third-order valence-corrected chi connectivity index (χ3v) is 2.33. The molecule has 0 aromatic carbocycles. The molecule has 1 rings (SSSR count). The molecule has 1 aromatic rings. The minimum absolute atomic E-state index is 0.288. The average Bonchev–Trinajstić information content (AvgIpc) is 2.79. The minimum Gasteiger partial charge on any atom is -0.449 e. The second-order valence-electron chi connectivity index (χ2n) is 4.29. The van der Waals surface area contributed by atoms with Crippen molar-refractivity contribution in [1.29, 1.82) is 0 Å². The predicted molar refractivity (Wildman–Crippen MR) is 74.4 cm³/mol. The number of ether oxygens (including phenoxy) is 1. The van der Waals surface area contributed by atoms with Crippen LogP contribution in [-0.4, -0.2) is 28.9 Å². The monoisotopic (exact) mass is 269 g/mol. The lowest BCUT2D eigenvalue weighted by atomic mass is 10.2. The molecule has 0 unspecified atom stereocenters. The molecule has 0 bridgehead atoms. The summed E-state index contributed by atoms with van der Waals surface area (Å²) in [5, 5.41) is 5.69. The topological polar surface area (TPSA) is 55.3 Å². The van der Waals surface area contributed by atoms with E-state index in [0.29, 0.717) is 19.1 Å². The van der Waals surface area contributed by atoms with Gasteiger partial charge >= 0.3 is 6.09 Å². The average molecular weight is 269 g/mol. The fourth-order valence-electron chi connectivity index (χ4n) is 1.23. The standard InChI is InChI=1S/C12H19N3O2S/c1-10(2)9-17-12(16)14-11(18)13-5-8-15-6-3-4-7-15/h3-4,6-7,10H,5,8-9H2,1-2H3,(H2,13,14,16,18). The Morgan fingerprint density at radius 3 is 2.67 bits per heavy atom. The van der Waals surface area contributed by atoms with Gasteiger partial charge in [-0.25, -0.2) is 4.79 Å². The van der Waals surface area contributed by atoms with Gasteiger partial charge < -0.3 is 14.6 Å². The number of carbonyl (C=O) groups excluding carboxylic acids is 1. The van der Waals surface area contributed by atoms with Crippen molar-refractivity contribution in [2.24, 2.45) is 5.92 Å². The maximum Gasteiger partial charge on any atom is 0.413 e. The lowest BCUT2D eigenvalue weighted by Crippen LogP contribution is -2.41. The Morgan fingerprint density at radius 1 is 1.39 bits per heavy atom. The van der Waals surface area contributed by atoms with E-state index in [1.54, 1.807) is 0 Å². The molecule has 2 N–H and O–H groups in total. The summed E-state index contributed by atoms with van der Waals surface area (Å²) >= 11 is 4.97. The third kappa shape index (κ3) is 6.24. The molecule has 0 radical (unpaired) electrons. The summed E-state index contributed by atoms with van der Waals surface area (Å²) in [5.41, 5.74) is 0. The number of nitrogens with zero attached hydrogens (tertiary/aromatic N) is 1. The summed E-state index contributed by atoms with van der Waals surface area (Å²) in [4.78, 5) is 11.3. The second-order valence-corrected chi connectivity index (χ2v) is 4.70. The minimum atomic E-state index is -0.512. The van der Waals surface area contributed by atoms with Gasteiger partial charge in [0, 0.05) is 25.5 Å². The fourth-order valence-corrected chi connectivity index (χ4v) is 1.42. The van der Waals surface area contributed by atoms with E-state index in [0.717, 1.165) is 6.54 Å². The van der Waals surface area contributed by atoms with Crippen molar-refractivity contribution in [2.45, 2.75) is 20.4 Å². The SMILES string of the molecule is CC(C)COC(=O)NC(=S)NCCn1cccc1. The van der Waals surface area contributed by atoms with Gasteiger partial charge in [-0.15, -0.1) is 0 Å². The van der Waals surface area contributed by atoms with Gasteiger partial charge in [-0.1, -0.05) is 13.8 Å². The van der Waals surface area contributed by atoms with Gasteiger partial charge in [-0.3, -0.25) is 5.32 Å². The summed E-state index contributed by atoms with van der Waals surface area (Å²) < 4.78 is 6.96. The van der Waals surface area contributed by atoms with Crippen molar-refractivity contribution in [1.82, 2.24) is 15.2 Å². The Morgan fingerprint density at radius 2 is 2.06 bits per heavy atom. The smallest absolute Gasteiger partial charge is 0.413 e. The number of thiocarbonyl (C=S) groups is 1. The van der Waals surface area contributed by atoms with E-state index in [-0.39, 0.29) is 5.11 Å². The highest BCUT2D eigenvalue weighted by Crippen LogP contribution is 1.92. The van der Waals surface area contributed by atoms with E-state index in [9.17, 15) is 4.79 Å². The predicted octanol–water partition coefficient (Wildman–Crippen LogP) is 1.74. The zero-order valence-electron chi connectivity index (χ0n) is 10.7. The molecule has 0 atom stereocenters. The highest BCUT2D eigenvalue weighted by Gasteiger charge is 2.05. The molecular formula is C12H19N3O2S. The van der Waals surface area contributed by atoms with Crippen LogP contribution < -0.4 is 10.6 Å². The van der Waals surface area contributed by atoms with Gasteiger partial charge in [0.15, 0.2) is 5.11 Å². The molecule has 0 aliphatic heterocycles. The van der Waals surface area contributed by atoms with Crippen molar-refractivity contribution in [2.75, 3.05) is 13.2 Å². The van der Waals surface area contributed by atoms with Crippen LogP contribution in [0.25, 0.3) is 0 Å². The van der Waals surface area contributed by atoms with Crippen LogP contribution in [0.4, 0.5) is 4.79 Å². The largest absolute Gasteiger partial charge is 0.449 e. The number of carbonyl (C=O) groups is 1. The first-order valence-electron chi connectivity index (χ1n) is 5.90. The molecule has 1 heterocycles.